The maximum Gasteiger partial charge on any atom is 0.0971 e. The molecule has 3 aromatic rings. The minimum atomic E-state index is 0.170. The number of benzene rings is 1. The van der Waals surface area contributed by atoms with Crippen LogP contribution in [0.3, 0.4) is 0 Å². The van der Waals surface area contributed by atoms with Gasteiger partial charge in [-0.05, 0) is 18.6 Å². The first-order valence-corrected chi connectivity index (χ1v) is 7.96. The average molecular weight is 319 g/mol. The second-order valence-electron chi connectivity index (χ2n) is 4.68. The van der Waals surface area contributed by atoms with Crippen LogP contribution >= 0.6 is 22.9 Å². The summed E-state index contributed by atoms with van der Waals surface area (Å²) in [5.74, 6) is 0. The molecule has 21 heavy (non-hydrogen) atoms. The number of rotatable bonds is 5. The van der Waals surface area contributed by atoms with Gasteiger partial charge in [-0.2, -0.15) is 0 Å². The van der Waals surface area contributed by atoms with Crippen LogP contribution in [-0.4, -0.2) is 21.3 Å². The molecular weight excluding hydrogens is 304 g/mol. The summed E-state index contributed by atoms with van der Waals surface area (Å²) in [6, 6.07) is 14.0. The summed E-state index contributed by atoms with van der Waals surface area (Å²) in [7, 11) is 0. The normalized spacial score (nSPS) is 11.0. The zero-order valence-corrected chi connectivity index (χ0v) is 12.9. The lowest BCUT2D eigenvalue weighted by molar-refractivity contribution is 0.280. The van der Waals surface area contributed by atoms with Crippen LogP contribution in [0.15, 0.2) is 48.8 Å². The third kappa shape index (κ3) is 3.02. The lowest BCUT2D eigenvalue weighted by atomic mass is 10.1. The van der Waals surface area contributed by atoms with E-state index in [1.807, 2.05) is 36.7 Å². The minimum Gasteiger partial charge on any atom is -0.396 e. The number of aromatic nitrogens is 2. The number of aliphatic hydroxyl groups excluding tert-OH is 1. The number of hydrogen-bond acceptors (Lipinski definition) is 3. The van der Waals surface area contributed by atoms with Gasteiger partial charge in [0.1, 0.15) is 0 Å². The van der Waals surface area contributed by atoms with Crippen LogP contribution in [-0.2, 0) is 6.54 Å². The van der Waals surface area contributed by atoms with Gasteiger partial charge in [-0.1, -0.05) is 41.9 Å². The first-order valence-electron chi connectivity index (χ1n) is 6.76. The number of nitrogens with zero attached hydrogens (tertiary/aromatic N) is 2. The lowest BCUT2D eigenvalue weighted by Gasteiger charge is -2.08. The van der Waals surface area contributed by atoms with Crippen molar-refractivity contribution in [3.63, 3.8) is 0 Å². The predicted molar refractivity (Wildman–Crippen MR) is 87.7 cm³/mol. The monoisotopic (exact) mass is 318 g/mol. The van der Waals surface area contributed by atoms with Gasteiger partial charge >= 0.3 is 0 Å². The third-order valence-corrected chi connectivity index (χ3v) is 4.49. The molecule has 2 aromatic heterocycles. The Hall–Kier alpha value is -1.62. The number of hydrogen-bond donors (Lipinski definition) is 1. The van der Waals surface area contributed by atoms with E-state index < -0.39 is 0 Å². The van der Waals surface area contributed by atoms with Gasteiger partial charge in [-0.3, -0.25) is 0 Å². The Morgan fingerprint density at radius 2 is 1.95 bits per heavy atom. The fourth-order valence-corrected chi connectivity index (χ4v) is 3.41. The van der Waals surface area contributed by atoms with Crippen LogP contribution in [0.1, 0.15) is 6.42 Å². The molecule has 0 amide bonds. The first kappa shape index (κ1) is 14.3. The highest BCUT2D eigenvalue weighted by atomic mass is 35.5. The van der Waals surface area contributed by atoms with E-state index in [1.54, 1.807) is 11.3 Å². The summed E-state index contributed by atoms with van der Waals surface area (Å²) >= 11 is 7.63. The van der Waals surface area contributed by atoms with Crippen LogP contribution in [0.25, 0.3) is 21.8 Å². The lowest BCUT2D eigenvalue weighted by Crippen LogP contribution is -2.00. The summed E-state index contributed by atoms with van der Waals surface area (Å²) in [6.07, 6.45) is 2.54. The van der Waals surface area contributed by atoms with E-state index in [2.05, 4.69) is 21.7 Å². The summed E-state index contributed by atoms with van der Waals surface area (Å²) in [6.45, 7) is 0.907. The maximum absolute atomic E-state index is 9.06. The number of halogens is 1. The Kier molecular flexibility index (Phi) is 4.39. The van der Waals surface area contributed by atoms with Gasteiger partial charge in [0, 0.05) is 18.7 Å². The highest BCUT2D eigenvalue weighted by Crippen LogP contribution is 2.37. The molecule has 0 spiro atoms. The Bertz CT molecular complexity index is 721. The van der Waals surface area contributed by atoms with Crippen LogP contribution in [0, 0.1) is 0 Å². The molecule has 0 saturated carbocycles. The van der Waals surface area contributed by atoms with Crippen molar-refractivity contribution >= 4 is 22.9 Å². The molecule has 0 saturated heterocycles. The molecule has 0 aliphatic heterocycles. The molecule has 108 valence electrons. The third-order valence-electron chi connectivity index (χ3n) is 3.25. The summed E-state index contributed by atoms with van der Waals surface area (Å²) < 4.78 is 2.85. The molecule has 1 N–H and O–H groups in total. The van der Waals surface area contributed by atoms with E-state index in [4.69, 9.17) is 16.7 Å². The standard InChI is InChI=1S/C16H15ClN2OS/c17-14-8-7-13(21-14)16-15(12-5-2-1-3-6-12)18-11-19(16)9-4-10-20/h1-3,5-8,11,20H,4,9-10H2. The second-order valence-corrected chi connectivity index (χ2v) is 6.40. The molecule has 3 rings (SSSR count). The quantitative estimate of drug-likeness (QED) is 0.761. The Labute approximate surface area is 132 Å². The van der Waals surface area contributed by atoms with Crippen molar-refractivity contribution in [3.05, 3.63) is 53.1 Å². The van der Waals surface area contributed by atoms with E-state index in [0.717, 1.165) is 32.7 Å². The molecule has 2 heterocycles. The largest absolute Gasteiger partial charge is 0.396 e. The summed E-state index contributed by atoms with van der Waals surface area (Å²) in [5.41, 5.74) is 3.10. The van der Waals surface area contributed by atoms with Crippen molar-refractivity contribution in [2.75, 3.05) is 6.61 Å². The zero-order chi connectivity index (χ0) is 14.7. The maximum atomic E-state index is 9.06. The van der Waals surface area contributed by atoms with Gasteiger partial charge in [0.2, 0.25) is 0 Å². The minimum absolute atomic E-state index is 0.170. The van der Waals surface area contributed by atoms with Gasteiger partial charge in [0.25, 0.3) is 0 Å². The number of aliphatic hydroxyl groups is 1. The first-order chi connectivity index (χ1) is 10.3. The van der Waals surface area contributed by atoms with Gasteiger partial charge in [0.15, 0.2) is 0 Å². The molecule has 0 atom stereocenters. The van der Waals surface area contributed by atoms with E-state index in [9.17, 15) is 0 Å². The predicted octanol–water partition coefficient (Wildman–Crippen LogP) is 4.31. The topological polar surface area (TPSA) is 38.0 Å². The SMILES string of the molecule is OCCCn1cnc(-c2ccccc2)c1-c1ccc(Cl)s1. The molecular formula is C16H15ClN2OS. The Balaban J connectivity index is 2.10. The highest BCUT2D eigenvalue weighted by molar-refractivity contribution is 7.19. The van der Waals surface area contributed by atoms with Gasteiger partial charge < -0.3 is 9.67 Å². The van der Waals surface area contributed by atoms with E-state index in [0.29, 0.717) is 6.42 Å². The summed E-state index contributed by atoms with van der Waals surface area (Å²) in [4.78, 5) is 5.66. The fraction of sp³-hybridized carbons (Fsp3) is 0.188. The molecule has 0 bridgehead atoms. The average Bonchev–Trinajstić information content (AvgIpc) is 3.11. The van der Waals surface area contributed by atoms with E-state index >= 15 is 0 Å². The van der Waals surface area contributed by atoms with Crippen LogP contribution in [0.4, 0.5) is 0 Å². The molecule has 0 aliphatic carbocycles. The van der Waals surface area contributed by atoms with E-state index in [1.165, 1.54) is 0 Å². The van der Waals surface area contributed by atoms with Gasteiger partial charge in [-0.15, -0.1) is 11.3 Å². The van der Waals surface area contributed by atoms with Crippen LogP contribution in [0.5, 0.6) is 0 Å². The number of aryl methyl sites for hydroxylation is 1. The molecule has 3 nitrogen and oxygen atoms in total. The smallest absolute Gasteiger partial charge is 0.0971 e. The fourth-order valence-electron chi connectivity index (χ4n) is 2.30. The van der Waals surface area contributed by atoms with Crippen molar-refractivity contribution in [2.45, 2.75) is 13.0 Å². The van der Waals surface area contributed by atoms with Gasteiger partial charge in [-0.25, -0.2) is 4.98 Å². The van der Waals surface area contributed by atoms with Crippen LogP contribution < -0.4 is 0 Å². The zero-order valence-electron chi connectivity index (χ0n) is 11.4. The van der Waals surface area contributed by atoms with Crippen molar-refractivity contribution < 1.29 is 5.11 Å². The Morgan fingerprint density at radius 1 is 1.14 bits per heavy atom. The second kappa shape index (κ2) is 6.43. The highest BCUT2D eigenvalue weighted by Gasteiger charge is 2.16. The molecule has 0 aliphatic rings. The van der Waals surface area contributed by atoms with Gasteiger partial charge in [0.05, 0.1) is 26.9 Å². The Morgan fingerprint density at radius 3 is 2.62 bits per heavy atom. The van der Waals surface area contributed by atoms with Crippen LogP contribution in [0.2, 0.25) is 4.34 Å². The molecule has 0 unspecified atom stereocenters. The molecule has 5 heteroatoms. The summed E-state index contributed by atoms with van der Waals surface area (Å²) in [5, 5.41) is 9.06. The van der Waals surface area contributed by atoms with Crippen molar-refractivity contribution in [1.29, 1.82) is 0 Å². The van der Waals surface area contributed by atoms with E-state index in [-0.39, 0.29) is 6.61 Å². The number of thiophene rings is 1. The molecule has 0 radical (unpaired) electrons. The van der Waals surface area contributed by atoms with Crippen molar-refractivity contribution in [1.82, 2.24) is 9.55 Å². The van der Waals surface area contributed by atoms with Crippen molar-refractivity contribution in [2.24, 2.45) is 0 Å². The molecule has 1 aromatic carbocycles. The number of imidazole rings is 1. The molecule has 0 fully saturated rings. The van der Waals surface area contributed by atoms with Crippen molar-refractivity contribution in [3.8, 4) is 21.8 Å².